The van der Waals surface area contributed by atoms with Gasteiger partial charge >= 0.3 is 0 Å². The molecular formula is C21H19Cl2NO. The molecule has 0 heterocycles. The van der Waals surface area contributed by atoms with E-state index in [1.54, 1.807) is 0 Å². The first-order chi connectivity index (χ1) is 12.2. The van der Waals surface area contributed by atoms with Crippen molar-refractivity contribution in [2.75, 3.05) is 0 Å². The average Bonchev–Trinajstić information content (AvgIpc) is 2.64. The molecule has 1 N–H and O–H groups in total. The Balaban J connectivity index is 1.58. The molecular weight excluding hydrogens is 353 g/mol. The van der Waals surface area contributed by atoms with E-state index in [9.17, 15) is 0 Å². The number of benzene rings is 3. The third-order valence-electron chi connectivity index (χ3n) is 3.87. The maximum absolute atomic E-state index is 6.19. The monoisotopic (exact) mass is 371 g/mol. The summed E-state index contributed by atoms with van der Waals surface area (Å²) in [6, 6.07) is 23.6. The van der Waals surface area contributed by atoms with Crippen molar-refractivity contribution in [2.24, 2.45) is 0 Å². The molecule has 0 fully saturated rings. The number of hydrogen-bond acceptors (Lipinski definition) is 2. The Kier molecular flexibility index (Phi) is 6.35. The zero-order chi connectivity index (χ0) is 17.5. The van der Waals surface area contributed by atoms with Gasteiger partial charge in [0.2, 0.25) is 0 Å². The number of nitrogens with one attached hydrogen (secondary N) is 1. The Hall–Kier alpha value is -2.00. The van der Waals surface area contributed by atoms with Crippen LogP contribution in [-0.2, 0) is 19.7 Å². The van der Waals surface area contributed by atoms with Gasteiger partial charge in [0.05, 0.1) is 0 Å². The zero-order valence-corrected chi connectivity index (χ0v) is 15.2. The Bertz CT molecular complexity index is 818. The molecule has 0 aliphatic carbocycles. The first kappa shape index (κ1) is 17.8. The lowest BCUT2D eigenvalue weighted by atomic mass is 10.2. The van der Waals surface area contributed by atoms with Gasteiger partial charge in [0.25, 0.3) is 0 Å². The predicted octanol–water partition coefficient (Wildman–Crippen LogP) is 5.86. The summed E-state index contributed by atoms with van der Waals surface area (Å²) >= 11 is 12.1. The van der Waals surface area contributed by atoms with Crippen molar-refractivity contribution in [3.05, 3.63) is 99.5 Å². The fourth-order valence-electron chi connectivity index (χ4n) is 2.51. The first-order valence-corrected chi connectivity index (χ1v) is 8.87. The standard InChI is InChI=1S/C21H19Cl2NO/c22-19-11-9-16(10-12-19)15-25-21-8-4-2-6-18(21)14-24-13-17-5-1-3-7-20(17)23/h1-12,24H,13-15H2. The lowest BCUT2D eigenvalue weighted by Crippen LogP contribution is -2.14. The van der Waals surface area contributed by atoms with E-state index in [1.807, 2.05) is 66.7 Å². The maximum Gasteiger partial charge on any atom is 0.124 e. The summed E-state index contributed by atoms with van der Waals surface area (Å²) in [5.41, 5.74) is 3.29. The number of halogens is 2. The van der Waals surface area contributed by atoms with Crippen molar-refractivity contribution >= 4 is 23.2 Å². The van der Waals surface area contributed by atoms with Gasteiger partial charge in [-0.3, -0.25) is 0 Å². The van der Waals surface area contributed by atoms with Gasteiger partial charge in [-0.15, -0.1) is 0 Å². The van der Waals surface area contributed by atoms with Crippen molar-refractivity contribution < 1.29 is 4.74 Å². The summed E-state index contributed by atoms with van der Waals surface area (Å²) in [6.07, 6.45) is 0. The lowest BCUT2D eigenvalue weighted by Gasteiger charge is -2.13. The molecule has 0 aromatic heterocycles. The summed E-state index contributed by atoms with van der Waals surface area (Å²) in [5.74, 6) is 0.879. The van der Waals surface area contributed by atoms with Crippen LogP contribution in [0.25, 0.3) is 0 Å². The van der Waals surface area contributed by atoms with E-state index in [1.165, 1.54) is 0 Å². The molecule has 3 rings (SSSR count). The van der Waals surface area contributed by atoms with E-state index in [0.29, 0.717) is 19.7 Å². The van der Waals surface area contributed by atoms with Gasteiger partial charge in [0, 0.05) is 28.7 Å². The summed E-state index contributed by atoms with van der Waals surface area (Å²) in [5, 5.41) is 4.93. The summed E-state index contributed by atoms with van der Waals surface area (Å²) in [4.78, 5) is 0. The van der Waals surface area contributed by atoms with Crippen molar-refractivity contribution in [2.45, 2.75) is 19.7 Å². The largest absolute Gasteiger partial charge is 0.489 e. The second kappa shape index (κ2) is 8.91. The smallest absolute Gasteiger partial charge is 0.124 e. The molecule has 0 spiro atoms. The minimum absolute atomic E-state index is 0.513. The highest BCUT2D eigenvalue weighted by Crippen LogP contribution is 2.20. The topological polar surface area (TPSA) is 21.3 Å². The summed E-state index contributed by atoms with van der Waals surface area (Å²) in [6.45, 7) is 1.94. The zero-order valence-electron chi connectivity index (χ0n) is 13.7. The van der Waals surface area contributed by atoms with Crippen LogP contribution in [0.4, 0.5) is 0 Å². The van der Waals surface area contributed by atoms with Crippen molar-refractivity contribution in [3.63, 3.8) is 0 Å². The summed E-state index contributed by atoms with van der Waals surface area (Å²) in [7, 11) is 0. The first-order valence-electron chi connectivity index (χ1n) is 8.11. The van der Waals surface area contributed by atoms with Gasteiger partial charge < -0.3 is 10.1 Å². The number of para-hydroxylation sites is 1. The van der Waals surface area contributed by atoms with Crippen LogP contribution in [0.3, 0.4) is 0 Å². The van der Waals surface area contributed by atoms with E-state index < -0.39 is 0 Å². The molecule has 0 atom stereocenters. The van der Waals surface area contributed by atoms with E-state index in [-0.39, 0.29) is 0 Å². The van der Waals surface area contributed by atoms with Crippen LogP contribution < -0.4 is 10.1 Å². The van der Waals surface area contributed by atoms with Crippen molar-refractivity contribution in [1.82, 2.24) is 5.32 Å². The molecule has 3 aromatic rings. The number of hydrogen-bond donors (Lipinski definition) is 1. The second-order valence-corrected chi connectivity index (χ2v) is 6.56. The van der Waals surface area contributed by atoms with Crippen LogP contribution in [0, 0.1) is 0 Å². The van der Waals surface area contributed by atoms with Gasteiger partial charge in [-0.2, -0.15) is 0 Å². The van der Waals surface area contributed by atoms with Gasteiger partial charge in [-0.1, -0.05) is 71.7 Å². The fourth-order valence-corrected chi connectivity index (χ4v) is 2.83. The van der Waals surface area contributed by atoms with E-state index in [4.69, 9.17) is 27.9 Å². The Morgan fingerprint density at radius 3 is 2.12 bits per heavy atom. The van der Waals surface area contributed by atoms with Crippen LogP contribution in [-0.4, -0.2) is 0 Å². The molecule has 0 unspecified atom stereocenters. The van der Waals surface area contributed by atoms with Gasteiger partial charge in [0.15, 0.2) is 0 Å². The highest BCUT2D eigenvalue weighted by Gasteiger charge is 2.04. The number of rotatable bonds is 7. The third-order valence-corrected chi connectivity index (χ3v) is 4.49. The molecule has 0 aliphatic heterocycles. The molecule has 3 aromatic carbocycles. The van der Waals surface area contributed by atoms with Gasteiger partial charge in [0.1, 0.15) is 12.4 Å². The van der Waals surface area contributed by atoms with Gasteiger partial charge in [-0.25, -0.2) is 0 Å². The molecule has 25 heavy (non-hydrogen) atoms. The third kappa shape index (κ3) is 5.23. The Morgan fingerprint density at radius 1 is 0.720 bits per heavy atom. The highest BCUT2D eigenvalue weighted by atomic mass is 35.5. The average molecular weight is 372 g/mol. The van der Waals surface area contributed by atoms with Crippen LogP contribution in [0.15, 0.2) is 72.8 Å². The van der Waals surface area contributed by atoms with Crippen LogP contribution >= 0.6 is 23.2 Å². The predicted molar refractivity (Wildman–Crippen MR) is 104 cm³/mol. The van der Waals surface area contributed by atoms with Gasteiger partial charge in [-0.05, 0) is 35.4 Å². The molecule has 0 amide bonds. The Labute approximate surface area is 158 Å². The molecule has 0 radical (unpaired) electrons. The molecule has 0 bridgehead atoms. The van der Waals surface area contributed by atoms with Crippen LogP contribution in [0.5, 0.6) is 5.75 Å². The van der Waals surface area contributed by atoms with Crippen LogP contribution in [0.2, 0.25) is 10.0 Å². The Morgan fingerprint density at radius 2 is 1.36 bits per heavy atom. The van der Waals surface area contributed by atoms with E-state index >= 15 is 0 Å². The number of ether oxygens (including phenoxy) is 1. The molecule has 0 saturated heterocycles. The quantitative estimate of drug-likeness (QED) is 0.561. The van der Waals surface area contributed by atoms with Crippen LogP contribution in [0.1, 0.15) is 16.7 Å². The van der Waals surface area contributed by atoms with Crippen molar-refractivity contribution in [3.8, 4) is 5.75 Å². The van der Waals surface area contributed by atoms with Crippen molar-refractivity contribution in [1.29, 1.82) is 0 Å². The van der Waals surface area contributed by atoms with E-state index in [2.05, 4.69) is 11.4 Å². The molecule has 2 nitrogen and oxygen atoms in total. The minimum atomic E-state index is 0.513. The minimum Gasteiger partial charge on any atom is -0.489 e. The molecule has 128 valence electrons. The fraction of sp³-hybridized carbons (Fsp3) is 0.143. The maximum atomic E-state index is 6.19. The second-order valence-electron chi connectivity index (χ2n) is 5.72. The molecule has 0 saturated carbocycles. The SMILES string of the molecule is Clc1ccc(COc2ccccc2CNCc2ccccc2Cl)cc1. The molecule has 4 heteroatoms. The van der Waals surface area contributed by atoms with E-state index in [0.717, 1.165) is 32.5 Å². The summed E-state index contributed by atoms with van der Waals surface area (Å²) < 4.78 is 5.98. The normalized spacial score (nSPS) is 10.6. The highest BCUT2D eigenvalue weighted by molar-refractivity contribution is 6.31. The lowest BCUT2D eigenvalue weighted by molar-refractivity contribution is 0.302. The molecule has 0 aliphatic rings.